The third-order valence-electron chi connectivity index (χ3n) is 3.58. The van der Waals surface area contributed by atoms with Crippen molar-refractivity contribution in [2.75, 3.05) is 14.2 Å². The van der Waals surface area contributed by atoms with Crippen LogP contribution in [0.4, 0.5) is 0 Å². The topological polar surface area (TPSA) is 18.5 Å². The summed E-state index contributed by atoms with van der Waals surface area (Å²) in [7, 11) is 3.37. The molecule has 0 N–H and O–H groups in total. The van der Waals surface area contributed by atoms with Gasteiger partial charge in [-0.25, -0.2) is 0 Å². The van der Waals surface area contributed by atoms with E-state index in [2.05, 4.69) is 32.9 Å². The van der Waals surface area contributed by atoms with Crippen molar-refractivity contribution < 1.29 is 9.47 Å². The zero-order valence-corrected chi connectivity index (χ0v) is 12.9. The molecule has 0 radical (unpaired) electrons. The van der Waals surface area contributed by atoms with Crippen molar-refractivity contribution in [1.82, 2.24) is 0 Å². The van der Waals surface area contributed by atoms with Crippen LogP contribution < -0.4 is 9.47 Å². The van der Waals surface area contributed by atoms with Crippen molar-refractivity contribution in [2.24, 2.45) is 0 Å². The van der Waals surface area contributed by atoms with E-state index in [0.29, 0.717) is 0 Å². The summed E-state index contributed by atoms with van der Waals surface area (Å²) in [6, 6.07) is 6.05. The molecule has 106 valence electrons. The maximum atomic E-state index is 5.32. The molecule has 2 heteroatoms. The molecule has 2 nitrogen and oxygen atoms in total. The van der Waals surface area contributed by atoms with E-state index in [0.717, 1.165) is 11.5 Å². The average molecular weight is 262 g/mol. The quantitative estimate of drug-likeness (QED) is 0.638. The fraction of sp³-hybridized carbons (Fsp3) is 0.529. The molecule has 1 aromatic rings. The molecule has 0 unspecified atom stereocenters. The molecular weight excluding hydrogens is 236 g/mol. The highest BCUT2D eigenvalue weighted by Crippen LogP contribution is 2.29. The molecule has 0 aliphatic heterocycles. The number of benzene rings is 1. The Morgan fingerprint density at radius 2 is 1.53 bits per heavy atom. The molecule has 0 bridgehead atoms. The first-order valence-electron chi connectivity index (χ1n) is 7.02. The molecule has 0 saturated heterocycles. The van der Waals surface area contributed by atoms with Crippen molar-refractivity contribution in [2.45, 2.75) is 46.5 Å². The van der Waals surface area contributed by atoms with Crippen LogP contribution in [0.3, 0.4) is 0 Å². The van der Waals surface area contributed by atoms with Gasteiger partial charge in [-0.2, -0.15) is 0 Å². The lowest BCUT2D eigenvalue weighted by Crippen LogP contribution is -1.92. The number of rotatable bonds is 7. The van der Waals surface area contributed by atoms with Crippen molar-refractivity contribution in [3.05, 3.63) is 29.3 Å². The number of methoxy groups -OCH3 is 2. The fourth-order valence-corrected chi connectivity index (χ4v) is 2.10. The maximum absolute atomic E-state index is 5.32. The van der Waals surface area contributed by atoms with Gasteiger partial charge in [-0.1, -0.05) is 25.3 Å². The van der Waals surface area contributed by atoms with Crippen molar-refractivity contribution in [3.63, 3.8) is 0 Å². The summed E-state index contributed by atoms with van der Waals surface area (Å²) in [6.45, 7) is 6.63. The Hall–Kier alpha value is -1.44. The van der Waals surface area contributed by atoms with Gasteiger partial charge in [0, 0.05) is 6.07 Å². The molecule has 0 aromatic heterocycles. The molecule has 0 aliphatic carbocycles. The Morgan fingerprint density at radius 3 is 2.00 bits per heavy atom. The van der Waals surface area contributed by atoms with Gasteiger partial charge in [0.25, 0.3) is 0 Å². The van der Waals surface area contributed by atoms with Gasteiger partial charge in [0.2, 0.25) is 0 Å². The second-order valence-electron chi connectivity index (χ2n) is 4.96. The molecule has 0 amide bonds. The van der Waals surface area contributed by atoms with Gasteiger partial charge in [-0.15, -0.1) is 0 Å². The minimum absolute atomic E-state index is 0.843. The number of ether oxygens (including phenoxy) is 2. The maximum Gasteiger partial charge on any atom is 0.123 e. The van der Waals surface area contributed by atoms with Crippen LogP contribution in [0, 0.1) is 0 Å². The summed E-state index contributed by atoms with van der Waals surface area (Å²) >= 11 is 0. The molecule has 19 heavy (non-hydrogen) atoms. The Bertz CT molecular complexity index is 411. The van der Waals surface area contributed by atoms with Crippen LogP contribution >= 0.6 is 0 Å². The van der Waals surface area contributed by atoms with E-state index in [-0.39, 0.29) is 0 Å². The highest BCUT2D eigenvalue weighted by molar-refractivity contribution is 5.69. The van der Waals surface area contributed by atoms with Gasteiger partial charge >= 0.3 is 0 Å². The monoisotopic (exact) mass is 262 g/mol. The van der Waals surface area contributed by atoms with Crippen LogP contribution in [0.25, 0.3) is 5.57 Å². The van der Waals surface area contributed by atoms with E-state index in [1.807, 2.05) is 6.07 Å². The van der Waals surface area contributed by atoms with Crippen LogP contribution in [0.1, 0.15) is 52.0 Å². The molecule has 0 atom stereocenters. The number of unbranched alkanes of at least 4 members (excludes halogenated alkanes) is 2. The zero-order valence-electron chi connectivity index (χ0n) is 12.9. The predicted molar refractivity (Wildman–Crippen MR) is 82.0 cm³/mol. The molecule has 1 aromatic carbocycles. The minimum atomic E-state index is 0.843. The SMILES string of the molecule is CCCCC/C(C)=C(/C)c1cc(OC)cc(OC)c1. The number of hydrogen-bond acceptors (Lipinski definition) is 2. The van der Waals surface area contributed by atoms with Gasteiger partial charge in [0.15, 0.2) is 0 Å². The van der Waals surface area contributed by atoms with E-state index >= 15 is 0 Å². The second kappa shape index (κ2) is 7.88. The predicted octanol–water partition coefficient (Wildman–Crippen LogP) is 5.08. The second-order valence-corrected chi connectivity index (χ2v) is 4.96. The van der Waals surface area contributed by atoms with Crippen LogP contribution in [0.2, 0.25) is 0 Å². The smallest absolute Gasteiger partial charge is 0.123 e. The molecule has 0 saturated carbocycles. The van der Waals surface area contributed by atoms with Gasteiger partial charge in [0.05, 0.1) is 14.2 Å². The van der Waals surface area contributed by atoms with E-state index < -0.39 is 0 Å². The Morgan fingerprint density at radius 1 is 0.947 bits per heavy atom. The summed E-state index contributed by atoms with van der Waals surface area (Å²) < 4.78 is 10.6. The molecular formula is C17H26O2. The summed E-state index contributed by atoms with van der Waals surface area (Å²) in [4.78, 5) is 0. The van der Waals surface area contributed by atoms with E-state index in [4.69, 9.17) is 9.47 Å². The van der Waals surface area contributed by atoms with Crippen molar-refractivity contribution in [3.8, 4) is 11.5 Å². The zero-order chi connectivity index (χ0) is 14.3. The van der Waals surface area contributed by atoms with Crippen LogP contribution in [-0.4, -0.2) is 14.2 Å². The first kappa shape index (κ1) is 15.6. The minimum Gasteiger partial charge on any atom is -0.497 e. The van der Waals surface area contributed by atoms with Gasteiger partial charge in [-0.05, 0) is 50.0 Å². The number of allylic oxidation sites excluding steroid dienone is 2. The lowest BCUT2D eigenvalue weighted by Gasteiger charge is -2.12. The van der Waals surface area contributed by atoms with E-state index in [1.165, 1.54) is 42.4 Å². The summed E-state index contributed by atoms with van der Waals surface area (Å²) in [6.07, 6.45) is 4.99. The van der Waals surface area contributed by atoms with Crippen LogP contribution in [0.15, 0.2) is 23.8 Å². The summed E-state index contributed by atoms with van der Waals surface area (Å²) in [5.41, 5.74) is 3.96. The summed E-state index contributed by atoms with van der Waals surface area (Å²) in [5.74, 6) is 1.69. The standard InChI is InChI=1S/C17H26O2/c1-6-7-8-9-13(2)14(3)15-10-16(18-4)12-17(11-15)19-5/h10-12H,6-9H2,1-5H3/b14-13-. The largest absolute Gasteiger partial charge is 0.497 e. The van der Waals surface area contributed by atoms with Crippen LogP contribution in [-0.2, 0) is 0 Å². The highest BCUT2D eigenvalue weighted by Gasteiger charge is 2.06. The fourth-order valence-electron chi connectivity index (χ4n) is 2.10. The average Bonchev–Trinajstić information content (AvgIpc) is 2.45. The molecule has 1 rings (SSSR count). The molecule has 0 spiro atoms. The van der Waals surface area contributed by atoms with Gasteiger partial charge < -0.3 is 9.47 Å². The first-order chi connectivity index (χ1) is 9.12. The Balaban J connectivity index is 2.96. The van der Waals surface area contributed by atoms with Crippen molar-refractivity contribution in [1.29, 1.82) is 0 Å². The van der Waals surface area contributed by atoms with Crippen molar-refractivity contribution >= 4 is 5.57 Å². The third kappa shape index (κ3) is 4.62. The Kier molecular flexibility index (Phi) is 6.48. The molecule has 0 aliphatic rings. The third-order valence-corrected chi connectivity index (χ3v) is 3.58. The summed E-state index contributed by atoms with van der Waals surface area (Å²) in [5, 5.41) is 0. The van der Waals surface area contributed by atoms with Gasteiger partial charge in [0.1, 0.15) is 11.5 Å². The van der Waals surface area contributed by atoms with Crippen LogP contribution in [0.5, 0.6) is 11.5 Å². The van der Waals surface area contributed by atoms with E-state index in [9.17, 15) is 0 Å². The molecule has 0 fully saturated rings. The van der Waals surface area contributed by atoms with Gasteiger partial charge in [-0.3, -0.25) is 0 Å². The number of hydrogen-bond donors (Lipinski definition) is 0. The lowest BCUT2D eigenvalue weighted by atomic mass is 9.98. The normalized spacial score (nSPS) is 12.1. The first-order valence-corrected chi connectivity index (χ1v) is 7.02. The molecule has 0 heterocycles. The highest BCUT2D eigenvalue weighted by atomic mass is 16.5. The lowest BCUT2D eigenvalue weighted by molar-refractivity contribution is 0.394. The van der Waals surface area contributed by atoms with E-state index in [1.54, 1.807) is 14.2 Å². The Labute approximate surface area is 117 Å².